The third-order valence-corrected chi connectivity index (χ3v) is 5.15. The average molecular weight is 439 g/mol. The van der Waals surface area contributed by atoms with Crippen molar-refractivity contribution in [1.29, 1.82) is 0 Å². The summed E-state index contributed by atoms with van der Waals surface area (Å²) in [5.74, 6) is 2.40. The minimum Gasteiger partial charge on any atom is -0.348 e. The number of halogens is 1. The van der Waals surface area contributed by atoms with Crippen LogP contribution in [0.2, 0.25) is 0 Å². The first kappa shape index (κ1) is 21.8. The van der Waals surface area contributed by atoms with E-state index in [4.69, 9.17) is 0 Å². The van der Waals surface area contributed by atoms with Crippen molar-refractivity contribution in [3.63, 3.8) is 0 Å². The standard InChI is InChI=1S/C27H23FN4O/c1-3-16-31(17-4-2)25-10-6-5-8-20(25)18-29-27(33)23-9-7-11-26-24(23)19-30-32(26)22-14-12-21(28)13-15-22/h3,5-16,19H,18H2,1-2H3,(H,29,33)/b16-3-. The molecule has 4 aromatic rings. The van der Waals surface area contributed by atoms with Crippen LogP contribution in [0.5, 0.6) is 0 Å². The van der Waals surface area contributed by atoms with Gasteiger partial charge in [-0.2, -0.15) is 5.10 Å². The Morgan fingerprint density at radius 3 is 2.67 bits per heavy atom. The van der Waals surface area contributed by atoms with E-state index in [9.17, 15) is 9.18 Å². The van der Waals surface area contributed by atoms with Crippen molar-refractivity contribution in [3.8, 4) is 17.7 Å². The number of aromatic nitrogens is 2. The topological polar surface area (TPSA) is 50.2 Å². The fourth-order valence-corrected chi connectivity index (χ4v) is 3.65. The molecule has 0 unspecified atom stereocenters. The van der Waals surface area contributed by atoms with E-state index < -0.39 is 0 Å². The van der Waals surface area contributed by atoms with Crippen LogP contribution in [0.4, 0.5) is 10.1 Å². The summed E-state index contributed by atoms with van der Waals surface area (Å²) < 4.78 is 15.0. The number of carbonyl (C=O) groups is 1. The van der Waals surface area contributed by atoms with Crippen LogP contribution in [-0.2, 0) is 6.54 Å². The van der Waals surface area contributed by atoms with Gasteiger partial charge in [0.05, 0.1) is 28.7 Å². The van der Waals surface area contributed by atoms with Gasteiger partial charge in [0.25, 0.3) is 5.91 Å². The lowest BCUT2D eigenvalue weighted by atomic mass is 10.1. The van der Waals surface area contributed by atoms with Gasteiger partial charge >= 0.3 is 0 Å². The van der Waals surface area contributed by atoms with E-state index in [-0.39, 0.29) is 11.7 Å². The number of hydrogen-bond acceptors (Lipinski definition) is 3. The molecule has 1 amide bonds. The maximum atomic E-state index is 13.3. The van der Waals surface area contributed by atoms with E-state index in [1.54, 1.807) is 36.0 Å². The van der Waals surface area contributed by atoms with Crippen LogP contribution in [0.25, 0.3) is 16.6 Å². The Morgan fingerprint density at radius 1 is 1.12 bits per heavy atom. The zero-order chi connectivity index (χ0) is 23.2. The van der Waals surface area contributed by atoms with Gasteiger partial charge in [-0.1, -0.05) is 36.3 Å². The van der Waals surface area contributed by atoms with E-state index in [1.165, 1.54) is 12.1 Å². The minimum absolute atomic E-state index is 0.201. The lowest BCUT2D eigenvalue weighted by Crippen LogP contribution is -2.24. The number of carbonyl (C=O) groups excluding carboxylic acids is 1. The monoisotopic (exact) mass is 438 g/mol. The highest BCUT2D eigenvalue weighted by atomic mass is 19.1. The molecule has 3 aromatic carbocycles. The smallest absolute Gasteiger partial charge is 0.252 e. The van der Waals surface area contributed by atoms with Crippen LogP contribution in [0, 0.1) is 17.8 Å². The number of benzene rings is 3. The zero-order valence-corrected chi connectivity index (χ0v) is 18.4. The molecule has 0 saturated heterocycles. The van der Waals surface area contributed by atoms with Crippen LogP contribution in [0.15, 0.2) is 85.2 Å². The van der Waals surface area contributed by atoms with Gasteiger partial charge in [-0.05, 0) is 61.9 Å². The van der Waals surface area contributed by atoms with Gasteiger partial charge < -0.3 is 5.32 Å². The number of para-hydroxylation sites is 1. The number of rotatable bonds is 6. The molecule has 1 aromatic heterocycles. The summed E-state index contributed by atoms with van der Waals surface area (Å²) in [6.45, 7) is 4.06. The molecule has 0 spiro atoms. The van der Waals surface area contributed by atoms with Crippen molar-refractivity contribution < 1.29 is 9.18 Å². The van der Waals surface area contributed by atoms with Crippen molar-refractivity contribution in [2.75, 3.05) is 4.90 Å². The Kier molecular flexibility index (Phi) is 6.51. The molecule has 5 nitrogen and oxygen atoms in total. The molecule has 0 bridgehead atoms. The third-order valence-electron chi connectivity index (χ3n) is 5.15. The Labute approximate surface area is 192 Å². The number of nitrogens with zero attached hydrogens (tertiary/aromatic N) is 3. The first-order chi connectivity index (χ1) is 16.1. The van der Waals surface area contributed by atoms with E-state index in [2.05, 4.69) is 22.4 Å². The molecule has 4 rings (SSSR count). The van der Waals surface area contributed by atoms with Gasteiger partial charge in [0.1, 0.15) is 5.82 Å². The predicted molar refractivity (Wildman–Crippen MR) is 129 cm³/mol. The van der Waals surface area contributed by atoms with Crippen LogP contribution < -0.4 is 10.2 Å². The molecule has 1 N–H and O–H groups in total. The summed E-state index contributed by atoms with van der Waals surface area (Å²) in [6, 6.07) is 22.4. The SMILES string of the molecule is CC#CN(/C=C\C)c1ccccc1CNC(=O)c1cccc2c1cnn2-c1ccc(F)cc1. The predicted octanol–water partition coefficient (Wildman–Crippen LogP) is 5.42. The number of anilines is 1. The van der Waals surface area contributed by atoms with Gasteiger partial charge in [0.2, 0.25) is 0 Å². The van der Waals surface area contributed by atoms with Gasteiger partial charge in [0, 0.05) is 24.2 Å². The molecule has 1 heterocycles. The van der Waals surface area contributed by atoms with Crippen LogP contribution in [0.1, 0.15) is 29.8 Å². The average Bonchev–Trinajstić information content (AvgIpc) is 3.27. The fourth-order valence-electron chi connectivity index (χ4n) is 3.65. The summed E-state index contributed by atoms with van der Waals surface area (Å²) in [7, 11) is 0. The molecule has 6 heteroatoms. The largest absolute Gasteiger partial charge is 0.348 e. The Balaban J connectivity index is 1.60. The second-order valence-corrected chi connectivity index (χ2v) is 7.30. The lowest BCUT2D eigenvalue weighted by Gasteiger charge is -2.17. The fraction of sp³-hybridized carbons (Fsp3) is 0.111. The number of fused-ring (bicyclic) bond motifs is 1. The van der Waals surface area contributed by atoms with E-state index >= 15 is 0 Å². The molecule has 0 saturated carbocycles. The van der Waals surface area contributed by atoms with Crippen molar-refractivity contribution in [2.24, 2.45) is 0 Å². The maximum Gasteiger partial charge on any atom is 0.252 e. The first-order valence-corrected chi connectivity index (χ1v) is 10.6. The summed E-state index contributed by atoms with van der Waals surface area (Å²) >= 11 is 0. The van der Waals surface area contributed by atoms with E-state index in [0.717, 1.165) is 27.8 Å². The molecule has 164 valence electrons. The van der Waals surface area contributed by atoms with Crippen LogP contribution >= 0.6 is 0 Å². The van der Waals surface area contributed by atoms with Gasteiger partial charge in [0.15, 0.2) is 0 Å². The van der Waals surface area contributed by atoms with Crippen LogP contribution in [0.3, 0.4) is 0 Å². The molecular formula is C27H23FN4O. The Morgan fingerprint density at radius 2 is 1.91 bits per heavy atom. The van der Waals surface area contributed by atoms with Gasteiger partial charge in [-0.25, -0.2) is 9.07 Å². The number of allylic oxidation sites excluding steroid dienone is 1. The second-order valence-electron chi connectivity index (χ2n) is 7.30. The second kappa shape index (κ2) is 9.84. The van der Waals surface area contributed by atoms with Crippen molar-refractivity contribution in [1.82, 2.24) is 15.1 Å². The lowest BCUT2D eigenvalue weighted by molar-refractivity contribution is 0.0952. The number of amides is 1. The van der Waals surface area contributed by atoms with E-state index in [1.807, 2.05) is 60.5 Å². The van der Waals surface area contributed by atoms with Gasteiger partial charge in [-0.15, -0.1) is 0 Å². The highest BCUT2D eigenvalue weighted by Gasteiger charge is 2.15. The van der Waals surface area contributed by atoms with Crippen molar-refractivity contribution in [2.45, 2.75) is 20.4 Å². The molecule has 0 radical (unpaired) electrons. The molecule has 0 aliphatic rings. The van der Waals surface area contributed by atoms with Crippen molar-refractivity contribution >= 4 is 22.5 Å². The van der Waals surface area contributed by atoms with E-state index in [0.29, 0.717) is 12.1 Å². The Hall–Kier alpha value is -4.37. The maximum absolute atomic E-state index is 13.3. The summed E-state index contributed by atoms with van der Waals surface area (Å²) in [5, 5.41) is 8.16. The molecule has 0 aliphatic carbocycles. The van der Waals surface area contributed by atoms with Gasteiger partial charge in [-0.3, -0.25) is 9.69 Å². The highest BCUT2D eigenvalue weighted by Crippen LogP contribution is 2.23. The number of hydrogen-bond donors (Lipinski definition) is 1. The molecular weight excluding hydrogens is 415 g/mol. The summed E-state index contributed by atoms with van der Waals surface area (Å²) in [5.41, 5.74) is 3.87. The normalized spacial score (nSPS) is 10.8. The molecule has 33 heavy (non-hydrogen) atoms. The molecule has 0 fully saturated rings. The summed E-state index contributed by atoms with van der Waals surface area (Å²) in [4.78, 5) is 14.9. The molecule has 0 aliphatic heterocycles. The Bertz CT molecular complexity index is 1380. The minimum atomic E-state index is -0.312. The highest BCUT2D eigenvalue weighted by molar-refractivity contribution is 6.06. The first-order valence-electron chi connectivity index (χ1n) is 10.6. The number of nitrogens with one attached hydrogen (secondary N) is 1. The van der Waals surface area contributed by atoms with Crippen molar-refractivity contribution in [3.05, 3.63) is 102 Å². The van der Waals surface area contributed by atoms with Crippen LogP contribution in [-0.4, -0.2) is 15.7 Å². The quantitative estimate of drug-likeness (QED) is 0.323. The summed E-state index contributed by atoms with van der Waals surface area (Å²) in [6.07, 6.45) is 5.47. The molecule has 0 atom stereocenters. The zero-order valence-electron chi connectivity index (χ0n) is 18.4. The third kappa shape index (κ3) is 4.63.